The molecule has 0 unspecified atom stereocenters. The Morgan fingerprint density at radius 3 is 2.63 bits per heavy atom. The van der Waals surface area contributed by atoms with Gasteiger partial charge in [0.25, 0.3) is 5.91 Å². The largest absolute Gasteiger partial charge is 0.352 e. The number of nitrogens with zero attached hydrogens (tertiary/aromatic N) is 4. The minimum atomic E-state index is -0.458. The van der Waals surface area contributed by atoms with E-state index in [1.807, 2.05) is 11.3 Å². The Bertz CT molecular complexity index is 1100. The minimum Gasteiger partial charge on any atom is -0.352 e. The number of rotatable bonds is 3. The Hall–Kier alpha value is -2.54. The first-order valence-electron chi connectivity index (χ1n) is 10.8. The van der Waals surface area contributed by atoms with Crippen LogP contribution in [0, 0.1) is 5.82 Å². The van der Waals surface area contributed by atoms with Crippen molar-refractivity contribution in [1.29, 1.82) is 0 Å². The van der Waals surface area contributed by atoms with Gasteiger partial charge in [-0.05, 0) is 43.4 Å². The number of thiophene rings is 1. The first-order valence-corrected chi connectivity index (χ1v) is 11.6. The van der Waals surface area contributed by atoms with Crippen molar-refractivity contribution in [3.05, 3.63) is 51.9 Å². The molecule has 30 heavy (non-hydrogen) atoms. The smallest absolute Gasteiger partial charge is 0.256 e. The molecule has 1 aliphatic heterocycles. The standard InChI is InChI=1S/C23H25FN4OS/c1-2-19-25-21(20-16-8-4-6-10-18(16)30-22(20)26-19)27-11-13-28(14-12-27)23(29)15-7-3-5-9-17(15)24/h3,5,7,9H,2,4,6,8,10-14H2,1H3. The fourth-order valence-corrected chi connectivity index (χ4v) is 5.77. The quantitative estimate of drug-likeness (QED) is 0.631. The van der Waals surface area contributed by atoms with Crippen LogP contribution in [0.15, 0.2) is 24.3 Å². The molecule has 1 aliphatic carbocycles. The lowest BCUT2D eigenvalue weighted by atomic mass is 9.97. The van der Waals surface area contributed by atoms with Crippen molar-refractivity contribution in [3.63, 3.8) is 0 Å². The predicted octanol–water partition coefficient (Wildman–Crippen LogP) is 4.23. The topological polar surface area (TPSA) is 49.3 Å². The average molecular weight is 425 g/mol. The summed E-state index contributed by atoms with van der Waals surface area (Å²) in [6.45, 7) is 4.60. The van der Waals surface area contributed by atoms with Gasteiger partial charge < -0.3 is 9.80 Å². The number of amides is 1. The summed E-state index contributed by atoms with van der Waals surface area (Å²) >= 11 is 1.83. The molecule has 1 fully saturated rings. The predicted molar refractivity (Wildman–Crippen MR) is 118 cm³/mol. The van der Waals surface area contributed by atoms with Crippen LogP contribution in [0.1, 0.15) is 46.4 Å². The van der Waals surface area contributed by atoms with Gasteiger partial charge in [0.1, 0.15) is 22.3 Å². The molecule has 3 heterocycles. The first-order chi connectivity index (χ1) is 14.7. The van der Waals surface area contributed by atoms with E-state index in [0.29, 0.717) is 26.2 Å². The van der Waals surface area contributed by atoms with E-state index >= 15 is 0 Å². The number of piperazine rings is 1. The zero-order chi connectivity index (χ0) is 20.7. The molecule has 2 aromatic heterocycles. The van der Waals surface area contributed by atoms with Crippen molar-refractivity contribution in [1.82, 2.24) is 14.9 Å². The number of carbonyl (C=O) groups excluding carboxylic acids is 1. The number of aromatic nitrogens is 2. The highest BCUT2D eigenvalue weighted by Crippen LogP contribution is 2.40. The summed E-state index contributed by atoms with van der Waals surface area (Å²) in [5.41, 5.74) is 1.58. The van der Waals surface area contributed by atoms with Crippen LogP contribution in [0.2, 0.25) is 0 Å². The third-order valence-corrected chi connectivity index (χ3v) is 7.31. The molecule has 1 aromatic carbocycles. The summed E-state index contributed by atoms with van der Waals surface area (Å²) in [6.07, 6.45) is 5.51. The van der Waals surface area contributed by atoms with Gasteiger partial charge >= 0.3 is 0 Å². The molecular formula is C23H25FN4OS. The summed E-state index contributed by atoms with van der Waals surface area (Å²) in [5, 5.41) is 1.22. The van der Waals surface area contributed by atoms with Gasteiger partial charge in [0.2, 0.25) is 0 Å². The number of anilines is 1. The highest BCUT2D eigenvalue weighted by molar-refractivity contribution is 7.19. The van der Waals surface area contributed by atoms with Crippen LogP contribution < -0.4 is 4.90 Å². The number of carbonyl (C=O) groups is 1. The zero-order valence-electron chi connectivity index (χ0n) is 17.2. The van der Waals surface area contributed by atoms with Gasteiger partial charge in [-0.2, -0.15) is 0 Å². The van der Waals surface area contributed by atoms with E-state index in [4.69, 9.17) is 9.97 Å². The second kappa shape index (κ2) is 7.95. The maximum absolute atomic E-state index is 14.0. The number of aryl methyl sites for hydroxylation is 3. The van der Waals surface area contributed by atoms with E-state index < -0.39 is 5.82 Å². The monoisotopic (exact) mass is 424 g/mol. The van der Waals surface area contributed by atoms with Crippen LogP contribution in [0.25, 0.3) is 10.2 Å². The second-order valence-electron chi connectivity index (χ2n) is 7.97. The second-order valence-corrected chi connectivity index (χ2v) is 9.05. The number of hydrogen-bond acceptors (Lipinski definition) is 5. The summed E-state index contributed by atoms with van der Waals surface area (Å²) < 4.78 is 14.0. The molecule has 0 bridgehead atoms. The van der Waals surface area contributed by atoms with E-state index in [9.17, 15) is 9.18 Å². The van der Waals surface area contributed by atoms with Crippen molar-refractivity contribution in [2.45, 2.75) is 39.0 Å². The summed E-state index contributed by atoms with van der Waals surface area (Å²) in [7, 11) is 0. The van der Waals surface area contributed by atoms with E-state index in [-0.39, 0.29) is 11.5 Å². The Labute approximate surface area is 179 Å². The summed E-state index contributed by atoms with van der Waals surface area (Å²) in [6, 6.07) is 6.21. The van der Waals surface area contributed by atoms with Crippen LogP contribution in [0.3, 0.4) is 0 Å². The van der Waals surface area contributed by atoms with Crippen molar-refractivity contribution in [2.75, 3.05) is 31.1 Å². The van der Waals surface area contributed by atoms with Crippen LogP contribution in [-0.4, -0.2) is 47.0 Å². The molecule has 1 saturated heterocycles. The number of halogens is 1. The van der Waals surface area contributed by atoms with Crippen LogP contribution in [0.5, 0.6) is 0 Å². The van der Waals surface area contributed by atoms with E-state index in [1.54, 1.807) is 23.1 Å². The molecule has 0 atom stereocenters. The average Bonchev–Trinajstić information content (AvgIpc) is 3.17. The fourth-order valence-electron chi connectivity index (χ4n) is 4.49. The van der Waals surface area contributed by atoms with Gasteiger partial charge in [-0.25, -0.2) is 14.4 Å². The molecule has 5 nitrogen and oxygen atoms in total. The molecule has 0 N–H and O–H groups in total. The molecule has 2 aliphatic rings. The molecule has 0 saturated carbocycles. The minimum absolute atomic E-state index is 0.149. The Balaban J connectivity index is 1.43. The van der Waals surface area contributed by atoms with E-state index in [0.717, 1.165) is 35.7 Å². The molecular weight excluding hydrogens is 399 g/mol. The normalized spacial score (nSPS) is 16.7. The molecule has 7 heteroatoms. The van der Waals surface area contributed by atoms with Gasteiger partial charge in [-0.15, -0.1) is 11.3 Å². The Morgan fingerprint density at radius 2 is 1.87 bits per heavy atom. The zero-order valence-corrected chi connectivity index (χ0v) is 18.0. The summed E-state index contributed by atoms with van der Waals surface area (Å²) in [4.78, 5) is 29.1. The summed E-state index contributed by atoms with van der Waals surface area (Å²) in [5.74, 6) is 1.21. The van der Waals surface area contributed by atoms with Crippen molar-refractivity contribution in [3.8, 4) is 0 Å². The van der Waals surface area contributed by atoms with Gasteiger partial charge in [-0.1, -0.05) is 19.1 Å². The van der Waals surface area contributed by atoms with E-state index in [2.05, 4.69) is 11.8 Å². The Kier molecular flexibility index (Phi) is 5.15. The third kappa shape index (κ3) is 3.35. The lowest BCUT2D eigenvalue weighted by Gasteiger charge is -2.36. The maximum Gasteiger partial charge on any atom is 0.256 e. The highest BCUT2D eigenvalue weighted by Gasteiger charge is 2.28. The van der Waals surface area contributed by atoms with Gasteiger partial charge in [0, 0.05) is 37.5 Å². The SMILES string of the molecule is CCc1nc(N2CCN(C(=O)c3ccccc3F)CC2)c2c3c(sc2n1)CCCC3. The van der Waals surface area contributed by atoms with Crippen molar-refractivity contribution >= 4 is 33.3 Å². The van der Waals surface area contributed by atoms with Crippen LogP contribution >= 0.6 is 11.3 Å². The molecule has 3 aromatic rings. The highest BCUT2D eigenvalue weighted by atomic mass is 32.1. The van der Waals surface area contributed by atoms with Gasteiger partial charge in [-0.3, -0.25) is 4.79 Å². The van der Waals surface area contributed by atoms with E-state index in [1.165, 1.54) is 34.7 Å². The third-order valence-electron chi connectivity index (χ3n) is 6.13. The lowest BCUT2D eigenvalue weighted by molar-refractivity contribution is 0.0742. The molecule has 156 valence electrons. The Morgan fingerprint density at radius 1 is 1.10 bits per heavy atom. The van der Waals surface area contributed by atoms with Crippen LogP contribution in [-0.2, 0) is 19.3 Å². The maximum atomic E-state index is 14.0. The van der Waals surface area contributed by atoms with Crippen molar-refractivity contribution < 1.29 is 9.18 Å². The van der Waals surface area contributed by atoms with Crippen molar-refractivity contribution in [2.24, 2.45) is 0 Å². The molecule has 5 rings (SSSR count). The lowest BCUT2D eigenvalue weighted by Crippen LogP contribution is -2.49. The van der Waals surface area contributed by atoms with Crippen LogP contribution in [0.4, 0.5) is 10.2 Å². The van der Waals surface area contributed by atoms with Gasteiger partial charge in [0.15, 0.2) is 0 Å². The fraction of sp³-hybridized carbons (Fsp3) is 0.435. The number of benzene rings is 1. The molecule has 0 spiro atoms. The number of hydrogen-bond donors (Lipinski definition) is 0. The molecule has 1 amide bonds. The molecule has 0 radical (unpaired) electrons. The van der Waals surface area contributed by atoms with Gasteiger partial charge in [0.05, 0.1) is 10.9 Å². The number of fused-ring (bicyclic) bond motifs is 3. The first kappa shape index (κ1) is 19.4.